The molecule has 0 fully saturated rings. The molecular weight excluding hydrogens is 813 g/mol. The number of rotatable bonds is 26. The van der Waals surface area contributed by atoms with Crippen LogP contribution >= 0.6 is 0 Å². The topological polar surface area (TPSA) is 392 Å². The van der Waals surface area contributed by atoms with Crippen LogP contribution in [-0.2, 0) is 46.5 Å². The molecule has 0 unspecified atom stereocenters. The highest BCUT2D eigenvalue weighted by Crippen LogP contribution is 2.27. The number of carbonyl (C=O) groups is 7. The third-order valence-corrected chi connectivity index (χ3v) is 9.76. The van der Waals surface area contributed by atoms with Gasteiger partial charge in [0.1, 0.15) is 30.2 Å². The molecule has 23 nitrogen and oxygen atoms in total. The molecule has 0 aliphatic heterocycles. The Kier molecular flexibility index (Phi) is 20.5. The van der Waals surface area contributed by atoms with Gasteiger partial charge in [-0.2, -0.15) is 0 Å². The Bertz CT molecular complexity index is 1960. The number of nitro groups is 1. The largest absolute Gasteiger partial charge is 0.502 e. The summed E-state index contributed by atoms with van der Waals surface area (Å²) in [5.41, 5.74) is 23.0. The number of anilines is 1. The Balaban J connectivity index is 2.29. The van der Waals surface area contributed by atoms with Gasteiger partial charge in [0.2, 0.25) is 35.4 Å². The number of nitrogens with two attached hydrogens (primary N) is 4. The van der Waals surface area contributed by atoms with Crippen LogP contribution in [0.2, 0.25) is 0 Å². The van der Waals surface area contributed by atoms with Crippen LogP contribution in [0.3, 0.4) is 0 Å². The van der Waals surface area contributed by atoms with Gasteiger partial charge >= 0.3 is 11.7 Å². The zero-order valence-corrected chi connectivity index (χ0v) is 35.0. The summed E-state index contributed by atoms with van der Waals surface area (Å²) in [6.45, 7) is 6.86. The molecule has 0 saturated heterocycles. The Morgan fingerprint density at radius 1 is 0.790 bits per heavy atom. The van der Waals surface area contributed by atoms with Gasteiger partial charge in [-0.05, 0) is 62.3 Å². The van der Waals surface area contributed by atoms with Crippen molar-refractivity contribution in [2.75, 3.05) is 12.3 Å². The van der Waals surface area contributed by atoms with Crippen LogP contribution in [-0.4, -0.2) is 105 Å². The van der Waals surface area contributed by atoms with Gasteiger partial charge in [-0.15, -0.1) is 0 Å². The monoisotopic (exact) mass is 870 g/mol. The van der Waals surface area contributed by atoms with Crippen LogP contribution in [0, 0.1) is 16.0 Å². The molecule has 0 bridgehead atoms. The molecule has 0 heterocycles. The standard InChI is InChI=1S/C39H58N12O11/c1-5-20(2)32(45-19-24-9-6-7-10-25(24)40)38(60)47-21(3)34(56)46-22(4)35(57)49-27(11-8-16-44-39(42)43)36(58)50-28(17-23-12-14-30(52)29(18-23)51(61)62)37(59)48-26(33(41)55)13-15-31(53)54/h6-7,9-10,12,14,18,20-22,26-28,32,45,52H,5,8,11,13,15-17,19,40H2,1-4H3,(H2,41,55)(H,46,56)(H,47,60)(H,48,59)(H,49,57)(H,50,58)(H,53,54)(H4,42,43,44)/t20-,21-,22-,26-,27-,28-,32-/m0/s1. The number of nitrogens with zero attached hydrogens (tertiary/aromatic N) is 2. The number of primary amides is 1. The molecule has 16 N–H and O–H groups in total. The van der Waals surface area contributed by atoms with E-state index in [-0.39, 0.29) is 36.8 Å². The molecule has 2 aromatic rings. The lowest BCUT2D eigenvalue weighted by atomic mass is 9.97. The minimum atomic E-state index is -1.61. The van der Waals surface area contributed by atoms with Gasteiger partial charge in [0, 0.05) is 37.7 Å². The van der Waals surface area contributed by atoms with E-state index < -0.39 is 113 Å². The molecule has 0 radical (unpaired) electrons. The van der Waals surface area contributed by atoms with Crippen molar-refractivity contribution >= 4 is 58.7 Å². The Morgan fingerprint density at radius 2 is 1.37 bits per heavy atom. The van der Waals surface area contributed by atoms with Crippen LogP contribution in [0.25, 0.3) is 0 Å². The summed E-state index contributed by atoms with van der Waals surface area (Å²) in [6, 6.07) is 2.77. The van der Waals surface area contributed by atoms with Gasteiger partial charge in [-0.3, -0.25) is 48.7 Å². The number of carboxylic acids is 1. The van der Waals surface area contributed by atoms with Crippen LogP contribution in [0.5, 0.6) is 5.75 Å². The van der Waals surface area contributed by atoms with Crippen molar-refractivity contribution in [3.05, 3.63) is 63.7 Å². The number of aliphatic imine (C=N–C) groups is 1. The minimum Gasteiger partial charge on any atom is -0.502 e. The van der Waals surface area contributed by atoms with Crippen LogP contribution < -0.4 is 54.8 Å². The highest BCUT2D eigenvalue weighted by molar-refractivity contribution is 5.96. The maximum absolute atomic E-state index is 13.9. The predicted molar refractivity (Wildman–Crippen MR) is 226 cm³/mol. The number of hydrogen-bond donors (Lipinski definition) is 12. The molecule has 7 atom stereocenters. The Labute approximate surface area is 357 Å². The van der Waals surface area contributed by atoms with Crippen LogP contribution in [0.15, 0.2) is 47.5 Å². The number of aliphatic carboxylic acids is 1. The first-order valence-electron chi connectivity index (χ1n) is 19.8. The highest BCUT2D eigenvalue weighted by atomic mass is 16.6. The van der Waals surface area contributed by atoms with E-state index in [9.17, 15) is 48.8 Å². The van der Waals surface area contributed by atoms with Crippen molar-refractivity contribution in [3.63, 3.8) is 0 Å². The summed E-state index contributed by atoms with van der Waals surface area (Å²) in [7, 11) is 0. The van der Waals surface area contributed by atoms with Crippen molar-refractivity contribution in [1.82, 2.24) is 31.9 Å². The lowest BCUT2D eigenvalue weighted by Gasteiger charge is -2.27. The van der Waals surface area contributed by atoms with E-state index in [0.29, 0.717) is 18.7 Å². The molecule has 2 rings (SSSR count). The third kappa shape index (κ3) is 16.9. The van der Waals surface area contributed by atoms with Gasteiger partial charge in [0.25, 0.3) is 0 Å². The van der Waals surface area contributed by atoms with E-state index in [2.05, 4.69) is 36.9 Å². The Morgan fingerprint density at radius 3 is 1.95 bits per heavy atom. The number of para-hydroxylation sites is 1. The average Bonchev–Trinajstić information content (AvgIpc) is 3.20. The quantitative estimate of drug-likeness (QED) is 0.0128. The fraction of sp³-hybridized carbons (Fsp3) is 0.487. The number of benzene rings is 2. The molecular formula is C39H58N12O11. The number of hydrogen-bond acceptors (Lipinski definition) is 13. The van der Waals surface area contributed by atoms with Crippen LogP contribution in [0.1, 0.15) is 70.9 Å². The van der Waals surface area contributed by atoms with E-state index in [1.54, 1.807) is 12.1 Å². The van der Waals surface area contributed by atoms with Gasteiger partial charge in [-0.1, -0.05) is 44.5 Å². The molecule has 2 aromatic carbocycles. The maximum atomic E-state index is 13.9. The number of carbonyl (C=O) groups excluding carboxylic acids is 6. The van der Waals surface area contributed by atoms with Crippen molar-refractivity contribution in [1.29, 1.82) is 0 Å². The lowest BCUT2D eigenvalue weighted by molar-refractivity contribution is -0.385. The van der Waals surface area contributed by atoms with Crippen molar-refractivity contribution in [3.8, 4) is 5.75 Å². The molecule has 0 saturated carbocycles. The highest BCUT2D eigenvalue weighted by Gasteiger charge is 2.32. The van der Waals surface area contributed by atoms with Crippen LogP contribution in [0.4, 0.5) is 11.4 Å². The van der Waals surface area contributed by atoms with Crippen molar-refractivity contribution in [2.45, 2.75) is 109 Å². The van der Waals surface area contributed by atoms with Crippen molar-refractivity contribution < 1.29 is 48.7 Å². The molecule has 0 spiro atoms. The molecule has 6 amide bonds. The molecule has 23 heteroatoms. The van der Waals surface area contributed by atoms with Gasteiger partial charge in [0.15, 0.2) is 11.7 Å². The fourth-order valence-corrected chi connectivity index (χ4v) is 5.93. The first-order valence-corrected chi connectivity index (χ1v) is 19.8. The molecule has 62 heavy (non-hydrogen) atoms. The molecule has 0 aromatic heterocycles. The second-order valence-corrected chi connectivity index (χ2v) is 14.7. The predicted octanol–water partition coefficient (Wildman–Crippen LogP) is -1.50. The minimum absolute atomic E-state index is 0.0156. The smallest absolute Gasteiger partial charge is 0.310 e. The number of carboxylic acid groups (broad SMARTS) is 1. The van der Waals surface area contributed by atoms with E-state index >= 15 is 0 Å². The number of nitrogen functional groups attached to an aromatic ring is 1. The Hall–Kier alpha value is -7.04. The van der Waals surface area contributed by atoms with E-state index in [1.165, 1.54) is 19.9 Å². The molecule has 340 valence electrons. The number of nitrogens with one attached hydrogen (secondary N) is 6. The van der Waals surface area contributed by atoms with Gasteiger partial charge in [0.05, 0.1) is 11.0 Å². The second kappa shape index (κ2) is 24.9. The lowest BCUT2D eigenvalue weighted by Crippen LogP contribution is -2.59. The fourth-order valence-electron chi connectivity index (χ4n) is 5.93. The summed E-state index contributed by atoms with van der Waals surface area (Å²) < 4.78 is 0. The first kappa shape index (κ1) is 51.1. The molecule has 0 aliphatic rings. The number of phenols is 1. The number of phenolic OH excluding ortho intramolecular Hbond substituents is 1. The van der Waals surface area contributed by atoms with Gasteiger partial charge < -0.3 is 65.0 Å². The third-order valence-electron chi connectivity index (χ3n) is 9.76. The van der Waals surface area contributed by atoms with E-state index in [1.807, 2.05) is 26.0 Å². The number of nitro benzene ring substituents is 1. The molecule has 0 aliphatic carbocycles. The zero-order chi connectivity index (χ0) is 46.7. The van der Waals surface area contributed by atoms with E-state index in [4.69, 9.17) is 28.0 Å². The van der Waals surface area contributed by atoms with Crippen molar-refractivity contribution in [2.24, 2.45) is 28.1 Å². The SMILES string of the molecule is CC[C@H](C)[C@H](NCc1ccccc1N)C(=O)N[C@@H](C)C(=O)N[C@@H](C)C(=O)N[C@@H](CCCN=C(N)N)C(=O)N[C@@H](Cc1ccc(O)c([N+](=O)[O-])c1)C(=O)N[C@@H](CCC(=O)O)C(N)=O. The maximum Gasteiger partial charge on any atom is 0.310 e. The summed E-state index contributed by atoms with van der Waals surface area (Å²) in [4.78, 5) is 105. The summed E-state index contributed by atoms with van der Waals surface area (Å²) in [5, 5.41) is 46.2. The zero-order valence-electron chi connectivity index (χ0n) is 35.0. The van der Waals surface area contributed by atoms with E-state index in [0.717, 1.165) is 17.7 Å². The number of amides is 6. The summed E-state index contributed by atoms with van der Waals surface area (Å²) in [5.74, 6) is -7.47. The normalized spacial score (nSPS) is 14.3. The number of guanidine groups is 1. The summed E-state index contributed by atoms with van der Waals surface area (Å²) in [6.07, 6.45) is -0.791. The second-order valence-electron chi connectivity index (χ2n) is 14.7. The average molecular weight is 871 g/mol. The first-order chi connectivity index (χ1) is 29.1. The number of aromatic hydroxyl groups is 1. The summed E-state index contributed by atoms with van der Waals surface area (Å²) >= 11 is 0. The van der Waals surface area contributed by atoms with Gasteiger partial charge in [-0.25, -0.2) is 0 Å².